The van der Waals surface area contributed by atoms with E-state index in [0.29, 0.717) is 12.2 Å². The van der Waals surface area contributed by atoms with Gasteiger partial charge in [0.1, 0.15) is 12.7 Å². The third kappa shape index (κ3) is 5.69. The topological polar surface area (TPSA) is 69.5 Å². The van der Waals surface area contributed by atoms with E-state index >= 15 is 0 Å². The fraction of sp³-hybridized carbons (Fsp3) is 0.261. The molecule has 1 aromatic heterocycles. The Labute approximate surface area is 184 Å². The summed E-state index contributed by atoms with van der Waals surface area (Å²) in [5, 5.41) is 4.09. The molecule has 0 saturated heterocycles. The summed E-state index contributed by atoms with van der Waals surface area (Å²) in [5.74, 6) is -0.0641. The van der Waals surface area contributed by atoms with Crippen LogP contribution in [0.5, 0.6) is 11.5 Å². The predicted octanol–water partition coefficient (Wildman–Crippen LogP) is 4.50. The second kappa shape index (κ2) is 10.5. The van der Waals surface area contributed by atoms with Crippen molar-refractivity contribution in [1.82, 2.24) is 19.7 Å². The standard InChI is InChI=1S/C23H24F2N4O3/c1-4-31-21-13-17(5-11-20(21)32-23(24)25)6-12-22(30)28(3)16(2)18-7-9-19(10-8-18)29-15-26-14-27-29/h5-16,23H,4H2,1-3H3/b12-6+. The Morgan fingerprint density at radius 1 is 1.19 bits per heavy atom. The van der Waals surface area contributed by atoms with Crippen LogP contribution in [0.2, 0.25) is 0 Å². The first-order chi connectivity index (χ1) is 15.4. The van der Waals surface area contributed by atoms with Crippen molar-refractivity contribution < 1.29 is 23.0 Å². The van der Waals surface area contributed by atoms with E-state index in [4.69, 9.17) is 4.74 Å². The molecule has 0 radical (unpaired) electrons. The molecule has 3 rings (SSSR count). The average molecular weight is 442 g/mol. The zero-order valence-electron chi connectivity index (χ0n) is 18.0. The van der Waals surface area contributed by atoms with Gasteiger partial charge in [-0.05, 0) is 55.3 Å². The SMILES string of the molecule is CCOc1cc(/C=C/C(=O)N(C)C(C)c2ccc(-n3cncn3)cc2)ccc1OC(F)F. The normalized spacial score (nSPS) is 12.2. The Balaban J connectivity index is 1.68. The summed E-state index contributed by atoms with van der Waals surface area (Å²) < 4.78 is 36.6. The maximum atomic E-state index is 12.7. The molecule has 9 heteroatoms. The summed E-state index contributed by atoms with van der Waals surface area (Å²) in [6, 6.07) is 12.0. The van der Waals surface area contributed by atoms with Crippen molar-refractivity contribution in [3.8, 4) is 17.2 Å². The van der Waals surface area contributed by atoms with Crippen molar-refractivity contribution in [2.24, 2.45) is 0 Å². The number of ether oxygens (including phenoxy) is 2. The lowest BCUT2D eigenvalue weighted by Gasteiger charge is -2.24. The van der Waals surface area contributed by atoms with E-state index in [1.54, 1.807) is 48.1 Å². The lowest BCUT2D eigenvalue weighted by Crippen LogP contribution is -2.27. The second-order valence-electron chi connectivity index (χ2n) is 6.91. The Morgan fingerprint density at radius 2 is 1.94 bits per heavy atom. The zero-order valence-corrected chi connectivity index (χ0v) is 18.0. The van der Waals surface area contributed by atoms with Crippen LogP contribution in [0.1, 0.15) is 31.0 Å². The number of aromatic nitrogens is 3. The maximum Gasteiger partial charge on any atom is 0.387 e. The van der Waals surface area contributed by atoms with Gasteiger partial charge < -0.3 is 14.4 Å². The summed E-state index contributed by atoms with van der Waals surface area (Å²) in [7, 11) is 1.72. The number of hydrogen-bond acceptors (Lipinski definition) is 5. The molecular formula is C23H24F2N4O3. The van der Waals surface area contributed by atoms with Crippen LogP contribution in [0.3, 0.4) is 0 Å². The van der Waals surface area contributed by atoms with Gasteiger partial charge in [-0.25, -0.2) is 9.67 Å². The summed E-state index contributed by atoms with van der Waals surface area (Å²) >= 11 is 0. The molecular weight excluding hydrogens is 418 g/mol. The molecule has 0 bridgehead atoms. The highest BCUT2D eigenvalue weighted by molar-refractivity contribution is 5.92. The predicted molar refractivity (Wildman–Crippen MR) is 116 cm³/mol. The molecule has 1 amide bonds. The number of benzene rings is 2. The van der Waals surface area contributed by atoms with Gasteiger partial charge in [0, 0.05) is 13.1 Å². The molecule has 0 aliphatic carbocycles. The van der Waals surface area contributed by atoms with Gasteiger partial charge in [-0.3, -0.25) is 4.79 Å². The first-order valence-electron chi connectivity index (χ1n) is 10.0. The van der Waals surface area contributed by atoms with Gasteiger partial charge >= 0.3 is 6.61 Å². The molecule has 1 unspecified atom stereocenters. The Morgan fingerprint density at radius 3 is 2.56 bits per heavy atom. The number of nitrogens with zero attached hydrogens (tertiary/aromatic N) is 4. The molecule has 0 fully saturated rings. The van der Waals surface area contributed by atoms with Gasteiger partial charge in [0.15, 0.2) is 11.5 Å². The average Bonchev–Trinajstić information content (AvgIpc) is 3.33. The highest BCUT2D eigenvalue weighted by Gasteiger charge is 2.16. The van der Waals surface area contributed by atoms with Gasteiger partial charge in [0.25, 0.3) is 0 Å². The number of rotatable bonds is 9. The van der Waals surface area contributed by atoms with Gasteiger partial charge in [-0.15, -0.1) is 0 Å². The van der Waals surface area contributed by atoms with E-state index in [-0.39, 0.29) is 23.4 Å². The minimum Gasteiger partial charge on any atom is -0.490 e. The van der Waals surface area contributed by atoms with Gasteiger partial charge in [0.05, 0.1) is 18.3 Å². The van der Waals surface area contributed by atoms with Crippen molar-refractivity contribution in [3.05, 3.63) is 72.3 Å². The smallest absolute Gasteiger partial charge is 0.387 e. The van der Waals surface area contributed by atoms with Crippen LogP contribution >= 0.6 is 0 Å². The summed E-state index contributed by atoms with van der Waals surface area (Å²) in [5.41, 5.74) is 2.46. The van der Waals surface area contributed by atoms with Crippen LogP contribution in [0.4, 0.5) is 8.78 Å². The van der Waals surface area contributed by atoms with Crippen molar-refractivity contribution in [1.29, 1.82) is 0 Å². The number of alkyl halides is 2. The van der Waals surface area contributed by atoms with Crippen LogP contribution in [-0.4, -0.2) is 45.8 Å². The molecule has 1 atom stereocenters. The minimum absolute atomic E-state index is 0.0505. The van der Waals surface area contributed by atoms with Crippen LogP contribution in [0, 0.1) is 0 Å². The number of amides is 1. The Bertz CT molecular complexity index is 1050. The van der Waals surface area contributed by atoms with Crippen LogP contribution < -0.4 is 9.47 Å². The first-order valence-corrected chi connectivity index (χ1v) is 10.0. The molecule has 0 spiro atoms. The summed E-state index contributed by atoms with van der Waals surface area (Å²) in [6.07, 6.45) is 6.11. The number of likely N-dealkylation sites (N-methyl/N-ethyl adjacent to an activating group) is 1. The Hall–Kier alpha value is -3.75. The van der Waals surface area contributed by atoms with E-state index < -0.39 is 6.61 Å². The van der Waals surface area contributed by atoms with Gasteiger partial charge in [-0.2, -0.15) is 13.9 Å². The first kappa shape index (κ1) is 22.9. The van der Waals surface area contributed by atoms with E-state index in [1.807, 2.05) is 31.2 Å². The molecule has 2 aromatic carbocycles. The second-order valence-corrected chi connectivity index (χ2v) is 6.91. The van der Waals surface area contributed by atoms with Gasteiger partial charge in [0.2, 0.25) is 5.91 Å². The van der Waals surface area contributed by atoms with Crippen molar-refractivity contribution >= 4 is 12.0 Å². The number of carbonyl (C=O) groups is 1. The number of halogens is 2. The van der Waals surface area contributed by atoms with E-state index in [1.165, 1.54) is 18.5 Å². The molecule has 0 N–H and O–H groups in total. The third-order valence-corrected chi connectivity index (χ3v) is 4.89. The fourth-order valence-corrected chi connectivity index (χ4v) is 3.04. The van der Waals surface area contributed by atoms with Gasteiger partial charge in [-0.1, -0.05) is 18.2 Å². The van der Waals surface area contributed by atoms with E-state index in [0.717, 1.165) is 11.3 Å². The maximum absolute atomic E-state index is 12.7. The molecule has 0 aliphatic rings. The molecule has 0 aliphatic heterocycles. The van der Waals surface area contributed by atoms with Crippen LogP contribution in [0.25, 0.3) is 11.8 Å². The zero-order chi connectivity index (χ0) is 23.1. The quantitative estimate of drug-likeness (QED) is 0.457. The molecule has 3 aromatic rings. The van der Waals surface area contributed by atoms with E-state index in [9.17, 15) is 13.6 Å². The lowest BCUT2D eigenvalue weighted by atomic mass is 10.1. The fourth-order valence-electron chi connectivity index (χ4n) is 3.04. The highest BCUT2D eigenvalue weighted by atomic mass is 19.3. The molecule has 0 saturated carbocycles. The molecule has 1 heterocycles. The monoisotopic (exact) mass is 442 g/mol. The number of hydrogen-bond donors (Lipinski definition) is 0. The van der Waals surface area contributed by atoms with Crippen molar-refractivity contribution in [2.75, 3.05) is 13.7 Å². The third-order valence-electron chi connectivity index (χ3n) is 4.89. The van der Waals surface area contributed by atoms with E-state index in [2.05, 4.69) is 14.8 Å². The lowest BCUT2D eigenvalue weighted by molar-refractivity contribution is -0.126. The molecule has 32 heavy (non-hydrogen) atoms. The van der Waals surface area contributed by atoms with Crippen molar-refractivity contribution in [3.63, 3.8) is 0 Å². The highest BCUT2D eigenvalue weighted by Crippen LogP contribution is 2.30. The summed E-state index contributed by atoms with van der Waals surface area (Å²) in [4.78, 5) is 18.2. The minimum atomic E-state index is -2.95. The van der Waals surface area contributed by atoms with Crippen molar-refractivity contribution in [2.45, 2.75) is 26.5 Å². The molecule has 7 nitrogen and oxygen atoms in total. The molecule has 168 valence electrons. The Kier molecular flexibility index (Phi) is 7.54. The number of carbonyl (C=O) groups excluding carboxylic acids is 1. The van der Waals surface area contributed by atoms with Crippen LogP contribution in [-0.2, 0) is 4.79 Å². The largest absolute Gasteiger partial charge is 0.490 e. The summed E-state index contributed by atoms with van der Waals surface area (Å²) in [6.45, 7) is 1.02. The van der Waals surface area contributed by atoms with Crippen LogP contribution in [0.15, 0.2) is 61.2 Å².